The summed E-state index contributed by atoms with van der Waals surface area (Å²) in [6, 6.07) is 2.38. The molecule has 0 radical (unpaired) electrons. The number of halogens is 6. The Kier molecular flexibility index (Phi) is 5.73. The second-order valence-corrected chi connectivity index (χ2v) is 4.27. The molecule has 0 fully saturated rings. The fraction of sp³-hybridized carbons (Fsp3) is 0.364. The molecule has 0 N–H and O–H groups in total. The number of hydrogen-bond acceptors (Lipinski definition) is 3. The van der Waals surface area contributed by atoms with Gasteiger partial charge in [-0.25, -0.2) is 0 Å². The van der Waals surface area contributed by atoms with E-state index in [0.717, 1.165) is 12.1 Å². The first-order valence-electron chi connectivity index (χ1n) is 5.16. The summed E-state index contributed by atoms with van der Waals surface area (Å²) in [6.45, 7) is -3.23. The topological polar surface area (TPSA) is 35.5 Å². The molecule has 0 aliphatic heterocycles. The lowest BCUT2D eigenvalue weighted by molar-refractivity contribution is -0.274. The summed E-state index contributed by atoms with van der Waals surface area (Å²) in [5, 5.41) is 0.279. The van der Waals surface area contributed by atoms with Crippen LogP contribution in [-0.2, 0) is 0 Å². The third-order valence-electron chi connectivity index (χ3n) is 1.98. The van der Waals surface area contributed by atoms with Gasteiger partial charge in [0.2, 0.25) is 0 Å². The Bertz CT molecular complexity index is 476. The van der Waals surface area contributed by atoms with E-state index in [0.29, 0.717) is 6.07 Å². The largest absolute Gasteiger partial charge is 0.573 e. The van der Waals surface area contributed by atoms with Crippen molar-refractivity contribution in [3.63, 3.8) is 0 Å². The predicted octanol–water partition coefficient (Wildman–Crippen LogP) is 4.15. The highest BCUT2D eigenvalue weighted by Gasteiger charge is 2.31. The van der Waals surface area contributed by atoms with E-state index >= 15 is 0 Å². The first-order chi connectivity index (χ1) is 9.21. The van der Waals surface area contributed by atoms with Crippen molar-refractivity contribution in [1.29, 1.82) is 0 Å². The third-order valence-corrected chi connectivity index (χ3v) is 2.38. The molecule has 1 aromatic carbocycles. The number of Topliss-reactive ketones (excluding diaryl/α,β-unsaturated/α-hetero) is 1. The van der Waals surface area contributed by atoms with Crippen molar-refractivity contribution in [2.75, 3.05) is 5.33 Å². The molecule has 0 amide bonds. The maximum absolute atomic E-state index is 12.1. The summed E-state index contributed by atoms with van der Waals surface area (Å²) >= 11 is 2.99. The summed E-state index contributed by atoms with van der Waals surface area (Å²) in [6.07, 6.45) is -5.01. The van der Waals surface area contributed by atoms with E-state index < -0.39 is 30.3 Å². The van der Waals surface area contributed by atoms with Crippen LogP contribution in [0.5, 0.6) is 11.5 Å². The zero-order valence-electron chi connectivity index (χ0n) is 9.72. The van der Waals surface area contributed by atoms with Crippen LogP contribution in [0.25, 0.3) is 0 Å². The molecule has 112 valence electrons. The number of rotatable bonds is 6. The van der Waals surface area contributed by atoms with Gasteiger partial charge in [-0.3, -0.25) is 4.79 Å². The molecule has 0 atom stereocenters. The Hall–Kier alpha value is -1.38. The van der Waals surface area contributed by atoms with Gasteiger partial charge in [0.1, 0.15) is 11.5 Å². The standard InChI is InChI=1S/C11H8BrF5O3/c12-2-1-9(18)6-3-7(19-10(13)14)5-8(4-6)20-11(15,16)17/h3-5,10H,1-2H2. The molecule has 0 bridgehead atoms. The van der Waals surface area contributed by atoms with Gasteiger partial charge in [-0.2, -0.15) is 8.78 Å². The second kappa shape index (κ2) is 6.87. The van der Waals surface area contributed by atoms with E-state index in [2.05, 4.69) is 25.4 Å². The van der Waals surface area contributed by atoms with Crippen LogP contribution in [0, 0.1) is 0 Å². The van der Waals surface area contributed by atoms with Crippen molar-refractivity contribution < 1.29 is 36.2 Å². The van der Waals surface area contributed by atoms with Crippen LogP contribution >= 0.6 is 15.9 Å². The number of ketones is 1. The van der Waals surface area contributed by atoms with Crippen LogP contribution in [0.2, 0.25) is 0 Å². The molecule has 0 unspecified atom stereocenters. The average Bonchev–Trinajstić information content (AvgIpc) is 2.25. The molecular formula is C11H8BrF5O3. The van der Waals surface area contributed by atoms with Crippen molar-refractivity contribution in [3.8, 4) is 11.5 Å². The number of benzene rings is 1. The van der Waals surface area contributed by atoms with Crippen LogP contribution in [-0.4, -0.2) is 24.1 Å². The SMILES string of the molecule is O=C(CCBr)c1cc(OC(F)F)cc(OC(F)(F)F)c1. The minimum Gasteiger partial charge on any atom is -0.435 e. The highest BCUT2D eigenvalue weighted by atomic mass is 79.9. The van der Waals surface area contributed by atoms with Gasteiger partial charge in [-0.15, -0.1) is 13.2 Å². The normalized spacial score (nSPS) is 11.6. The molecule has 20 heavy (non-hydrogen) atoms. The second-order valence-electron chi connectivity index (χ2n) is 3.48. The molecule has 0 saturated heterocycles. The molecule has 1 rings (SSSR count). The van der Waals surface area contributed by atoms with Crippen molar-refractivity contribution >= 4 is 21.7 Å². The van der Waals surface area contributed by atoms with Crippen molar-refractivity contribution in [2.45, 2.75) is 19.4 Å². The first kappa shape index (κ1) is 16.7. The third kappa shape index (κ3) is 5.72. The molecule has 0 heterocycles. The van der Waals surface area contributed by atoms with Crippen LogP contribution in [0.3, 0.4) is 0 Å². The smallest absolute Gasteiger partial charge is 0.435 e. The van der Waals surface area contributed by atoms with Gasteiger partial charge in [0, 0.05) is 23.4 Å². The van der Waals surface area contributed by atoms with Gasteiger partial charge in [0.25, 0.3) is 0 Å². The van der Waals surface area contributed by atoms with E-state index in [4.69, 9.17) is 0 Å². The zero-order valence-corrected chi connectivity index (χ0v) is 11.3. The Morgan fingerprint density at radius 3 is 2.30 bits per heavy atom. The quantitative estimate of drug-likeness (QED) is 0.433. The minimum absolute atomic E-state index is 0.0103. The molecule has 1 aromatic rings. The lowest BCUT2D eigenvalue weighted by Gasteiger charge is -2.12. The van der Waals surface area contributed by atoms with Crippen LogP contribution in [0.1, 0.15) is 16.8 Å². The number of alkyl halides is 6. The molecule has 0 spiro atoms. The average molecular weight is 363 g/mol. The Balaban J connectivity index is 3.10. The molecule has 0 aromatic heterocycles. The van der Waals surface area contributed by atoms with Gasteiger partial charge >= 0.3 is 13.0 Å². The Morgan fingerprint density at radius 2 is 1.80 bits per heavy atom. The highest BCUT2D eigenvalue weighted by molar-refractivity contribution is 9.09. The molecule has 0 aliphatic carbocycles. The van der Waals surface area contributed by atoms with Crippen LogP contribution < -0.4 is 9.47 Å². The molecule has 9 heteroatoms. The summed E-state index contributed by atoms with van der Waals surface area (Å²) in [5.41, 5.74) is -0.207. The van der Waals surface area contributed by atoms with E-state index in [1.54, 1.807) is 0 Å². The molecular weight excluding hydrogens is 355 g/mol. The van der Waals surface area contributed by atoms with Gasteiger partial charge in [0.15, 0.2) is 5.78 Å². The van der Waals surface area contributed by atoms with Crippen molar-refractivity contribution in [3.05, 3.63) is 23.8 Å². The number of carbonyl (C=O) groups is 1. The van der Waals surface area contributed by atoms with Crippen LogP contribution in [0.4, 0.5) is 22.0 Å². The lowest BCUT2D eigenvalue weighted by atomic mass is 10.1. The highest BCUT2D eigenvalue weighted by Crippen LogP contribution is 2.29. The number of carbonyl (C=O) groups excluding carboxylic acids is 1. The fourth-order valence-corrected chi connectivity index (χ4v) is 1.69. The lowest BCUT2D eigenvalue weighted by Crippen LogP contribution is -2.17. The summed E-state index contributed by atoms with van der Waals surface area (Å²) in [5.74, 6) is -1.91. The van der Waals surface area contributed by atoms with E-state index in [9.17, 15) is 26.7 Å². The summed E-state index contributed by atoms with van der Waals surface area (Å²) < 4.78 is 68.1. The number of ether oxygens (including phenoxy) is 2. The zero-order chi connectivity index (χ0) is 15.3. The summed E-state index contributed by atoms with van der Waals surface area (Å²) in [7, 11) is 0. The maximum atomic E-state index is 12.1. The first-order valence-corrected chi connectivity index (χ1v) is 6.28. The van der Waals surface area contributed by atoms with Gasteiger partial charge in [-0.1, -0.05) is 15.9 Å². The minimum atomic E-state index is -5.00. The van der Waals surface area contributed by atoms with Crippen molar-refractivity contribution in [1.82, 2.24) is 0 Å². The Labute approximate surface area is 118 Å². The monoisotopic (exact) mass is 362 g/mol. The number of hydrogen-bond donors (Lipinski definition) is 0. The van der Waals surface area contributed by atoms with Gasteiger partial charge in [0.05, 0.1) is 0 Å². The van der Waals surface area contributed by atoms with Gasteiger partial charge in [-0.05, 0) is 12.1 Å². The van der Waals surface area contributed by atoms with Crippen molar-refractivity contribution in [2.24, 2.45) is 0 Å². The summed E-state index contributed by atoms with van der Waals surface area (Å²) in [4.78, 5) is 11.6. The molecule has 3 nitrogen and oxygen atoms in total. The van der Waals surface area contributed by atoms with E-state index in [1.165, 1.54) is 0 Å². The maximum Gasteiger partial charge on any atom is 0.573 e. The van der Waals surface area contributed by atoms with Gasteiger partial charge < -0.3 is 9.47 Å². The van der Waals surface area contributed by atoms with Crippen LogP contribution in [0.15, 0.2) is 18.2 Å². The molecule has 0 aliphatic rings. The van der Waals surface area contributed by atoms with E-state index in [1.807, 2.05) is 0 Å². The Morgan fingerprint density at radius 1 is 1.20 bits per heavy atom. The fourth-order valence-electron chi connectivity index (χ4n) is 1.33. The van der Waals surface area contributed by atoms with E-state index in [-0.39, 0.29) is 17.3 Å². The predicted molar refractivity (Wildman–Crippen MR) is 62.5 cm³/mol. The molecule has 0 saturated carbocycles.